The molecule has 3 aromatic rings. The van der Waals surface area contributed by atoms with Gasteiger partial charge in [-0.2, -0.15) is 0 Å². The average Bonchev–Trinajstić information content (AvgIpc) is 2.69. The Bertz CT molecular complexity index is 772. The molecule has 0 bridgehead atoms. The number of aryl methyl sites for hydroxylation is 3. The van der Waals surface area contributed by atoms with Gasteiger partial charge < -0.3 is 5.32 Å². The van der Waals surface area contributed by atoms with Crippen LogP contribution >= 0.6 is 11.3 Å². The van der Waals surface area contributed by atoms with E-state index in [1.54, 1.807) is 12.1 Å². The molecule has 102 valence electrons. The van der Waals surface area contributed by atoms with Crippen LogP contribution in [0.5, 0.6) is 0 Å². The Labute approximate surface area is 122 Å². The van der Waals surface area contributed by atoms with Crippen LogP contribution in [0.1, 0.15) is 16.0 Å². The minimum Gasteiger partial charge on any atom is -0.355 e. The van der Waals surface area contributed by atoms with Gasteiger partial charge in [-0.3, -0.25) is 0 Å². The summed E-state index contributed by atoms with van der Waals surface area (Å²) in [6.07, 6.45) is 0. The maximum absolute atomic E-state index is 12.9. The number of thiophene rings is 1. The molecule has 0 saturated heterocycles. The molecule has 3 heteroatoms. The number of nitrogens with one attached hydrogen (secondary N) is 1. The van der Waals surface area contributed by atoms with Crippen LogP contribution in [0.25, 0.3) is 10.1 Å². The number of rotatable bonds is 2. The zero-order valence-corrected chi connectivity index (χ0v) is 12.6. The Hall–Kier alpha value is -1.87. The summed E-state index contributed by atoms with van der Waals surface area (Å²) in [6.45, 7) is 6.42. The quantitative estimate of drug-likeness (QED) is 0.636. The van der Waals surface area contributed by atoms with Gasteiger partial charge in [0.15, 0.2) is 0 Å². The molecule has 0 spiro atoms. The highest BCUT2D eigenvalue weighted by Crippen LogP contribution is 2.34. The minimum atomic E-state index is -0.216. The van der Waals surface area contributed by atoms with E-state index in [9.17, 15) is 4.39 Å². The molecule has 3 rings (SSSR count). The van der Waals surface area contributed by atoms with Crippen molar-refractivity contribution < 1.29 is 4.39 Å². The van der Waals surface area contributed by atoms with Crippen LogP contribution < -0.4 is 5.32 Å². The molecule has 20 heavy (non-hydrogen) atoms. The molecule has 1 aromatic heterocycles. The van der Waals surface area contributed by atoms with Crippen molar-refractivity contribution >= 4 is 32.8 Å². The molecular formula is C17H16FNS. The lowest BCUT2D eigenvalue weighted by Gasteiger charge is -2.10. The number of fused-ring (bicyclic) bond motifs is 1. The van der Waals surface area contributed by atoms with Crippen LogP contribution in [0.3, 0.4) is 0 Å². The van der Waals surface area contributed by atoms with E-state index in [-0.39, 0.29) is 5.82 Å². The van der Waals surface area contributed by atoms with E-state index in [0.29, 0.717) is 0 Å². The highest BCUT2D eigenvalue weighted by atomic mass is 32.1. The normalized spacial score (nSPS) is 11.0. The van der Waals surface area contributed by atoms with Crippen LogP contribution in [0.15, 0.2) is 36.4 Å². The Morgan fingerprint density at radius 1 is 1.00 bits per heavy atom. The molecule has 0 amide bonds. The topological polar surface area (TPSA) is 12.0 Å². The van der Waals surface area contributed by atoms with Gasteiger partial charge >= 0.3 is 0 Å². The maximum atomic E-state index is 12.9. The van der Waals surface area contributed by atoms with Crippen molar-refractivity contribution in [1.82, 2.24) is 0 Å². The fourth-order valence-corrected chi connectivity index (χ4v) is 3.41. The van der Waals surface area contributed by atoms with Crippen molar-refractivity contribution in [1.29, 1.82) is 0 Å². The molecule has 0 unspecified atom stereocenters. The second-order valence-corrected chi connectivity index (χ2v) is 6.33. The third kappa shape index (κ3) is 2.29. The average molecular weight is 285 g/mol. The van der Waals surface area contributed by atoms with Crippen molar-refractivity contribution in [3.05, 3.63) is 58.2 Å². The highest BCUT2D eigenvalue weighted by molar-refractivity contribution is 7.19. The number of hydrogen-bond donors (Lipinski definition) is 1. The van der Waals surface area contributed by atoms with Gasteiger partial charge in [-0.25, -0.2) is 4.39 Å². The van der Waals surface area contributed by atoms with Gasteiger partial charge in [0.2, 0.25) is 0 Å². The smallest absolute Gasteiger partial charge is 0.123 e. The summed E-state index contributed by atoms with van der Waals surface area (Å²) in [7, 11) is 0. The molecule has 0 fully saturated rings. The SMILES string of the molecule is Cc1cc2c(C)c(C)sc2cc1Nc1ccc(F)cc1. The second kappa shape index (κ2) is 4.91. The molecule has 0 aliphatic rings. The van der Waals surface area contributed by atoms with E-state index in [0.717, 1.165) is 11.4 Å². The third-order valence-electron chi connectivity index (χ3n) is 3.64. The molecule has 0 aliphatic carbocycles. The van der Waals surface area contributed by atoms with Crippen LogP contribution in [0, 0.1) is 26.6 Å². The molecule has 1 nitrogen and oxygen atoms in total. The van der Waals surface area contributed by atoms with Crippen molar-refractivity contribution in [3.8, 4) is 0 Å². The molecule has 0 saturated carbocycles. The summed E-state index contributed by atoms with van der Waals surface area (Å²) in [5.74, 6) is -0.216. The standard InChI is InChI=1S/C17H16FNS/c1-10-8-15-11(2)12(3)20-17(15)9-16(10)19-14-6-4-13(18)5-7-14/h4-9,19H,1-3H3. The Morgan fingerprint density at radius 2 is 1.70 bits per heavy atom. The highest BCUT2D eigenvalue weighted by Gasteiger charge is 2.08. The predicted octanol–water partition coefficient (Wildman–Crippen LogP) is 5.71. The molecule has 1 N–H and O–H groups in total. The Balaban J connectivity index is 2.03. The lowest BCUT2D eigenvalue weighted by Crippen LogP contribution is -1.93. The van der Waals surface area contributed by atoms with E-state index in [4.69, 9.17) is 0 Å². The number of hydrogen-bond acceptors (Lipinski definition) is 2. The monoisotopic (exact) mass is 285 g/mol. The van der Waals surface area contributed by atoms with Crippen molar-refractivity contribution in [3.63, 3.8) is 0 Å². The van der Waals surface area contributed by atoms with Gasteiger partial charge in [-0.15, -0.1) is 11.3 Å². The summed E-state index contributed by atoms with van der Waals surface area (Å²) in [5, 5.41) is 4.69. The predicted molar refractivity (Wildman–Crippen MR) is 85.7 cm³/mol. The van der Waals surface area contributed by atoms with Gasteiger partial charge in [0, 0.05) is 21.0 Å². The number of benzene rings is 2. The van der Waals surface area contributed by atoms with E-state index >= 15 is 0 Å². The summed E-state index contributed by atoms with van der Waals surface area (Å²) in [6, 6.07) is 10.8. The third-order valence-corrected chi connectivity index (χ3v) is 4.82. The zero-order valence-electron chi connectivity index (χ0n) is 11.8. The van der Waals surface area contributed by atoms with Gasteiger partial charge in [-0.05, 0) is 73.7 Å². The lowest BCUT2D eigenvalue weighted by atomic mass is 10.1. The fourth-order valence-electron chi connectivity index (χ4n) is 2.32. The number of halogens is 1. The van der Waals surface area contributed by atoms with E-state index in [2.05, 4.69) is 38.2 Å². The number of anilines is 2. The Kier molecular flexibility index (Phi) is 3.22. The van der Waals surface area contributed by atoms with E-state index in [1.165, 1.54) is 38.2 Å². The van der Waals surface area contributed by atoms with Crippen LogP contribution in [0.2, 0.25) is 0 Å². The van der Waals surface area contributed by atoms with Crippen molar-refractivity contribution in [2.75, 3.05) is 5.32 Å². The maximum Gasteiger partial charge on any atom is 0.123 e. The molecule has 2 aromatic carbocycles. The molecular weight excluding hydrogens is 269 g/mol. The van der Waals surface area contributed by atoms with Gasteiger partial charge in [0.25, 0.3) is 0 Å². The fraction of sp³-hybridized carbons (Fsp3) is 0.176. The first-order valence-corrected chi connectivity index (χ1v) is 7.39. The van der Waals surface area contributed by atoms with Crippen LogP contribution in [-0.2, 0) is 0 Å². The summed E-state index contributed by atoms with van der Waals surface area (Å²) < 4.78 is 14.2. The van der Waals surface area contributed by atoms with Crippen LogP contribution in [-0.4, -0.2) is 0 Å². The zero-order chi connectivity index (χ0) is 14.3. The van der Waals surface area contributed by atoms with Gasteiger partial charge in [0.05, 0.1) is 0 Å². The van der Waals surface area contributed by atoms with Gasteiger partial charge in [0.1, 0.15) is 5.82 Å². The minimum absolute atomic E-state index is 0.216. The summed E-state index contributed by atoms with van der Waals surface area (Å²) in [5.41, 5.74) is 4.54. The van der Waals surface area contributed by atoms with Crippen molar-refractivity contribution in [2.45, 2.75) is 20.8 Å². The van der Waals surface area contributed by atoms with Gasteiger partial charge in [-0.1, -0.05) is 0 Å². The lowest BCUT2D eigenvalue weighted by molar-refractivity contribution is 0.628. The molecule has 0 radical (unpaired) electrons. The first-order chi connectivity index (χ1) is 9.54. The van der Waals surface area contributed by atoms with Crippen molar-refractivity contribution in [2.24, 2.45) is 0 Å². The first kappa shape index (κ1) is 13.1. The second-order valence-electron chi connectivity index (χ2n) is 5.08. The molecule has 0 aliphatic heterocycles. The van der Waals surface area contributed by atoms with E-state index < -0.39 is 0 Å². The Morgan fingerprint density at radius 3 is 2.40 bits per heavy atom. The summed E-state index contributed by atoms with van der Waals surface area (Å²) >= 11 is 1.81. The molecule has 1 heterocycles. The first-order valence-electron chi connectivity index (χ1n) is 6.57. The largest absolute Gasteiger partial charge is 0.355 e. The van der Waals surface area contributed by atoms with E-state index in [1.807, 2.05) is 11.3 Å². The summed E-state index contributed by atoms with van der Waals surface area (Å²) in [4.78, 5) is 1.36. The van der Waals surface area contributed by atoms with Crippen LogP contribution in [0.4, 0.5) is 15.8 Å². The molecule has 0 atom stereocenters.